The molecular weight excluding hydrogens is 1080 g/mol. The number of nitrogens with zero attached hydrogens (tertiary/aromatic N) is 2. The van der Waals surface area contributed by atoms with Crippen molar-refractivity contribution < 1.29 is 21.2 Å². The third-order valence-corrected chi connectivity index (χ3v) is 18.9. The Morgan fingerprint density at radius 1 is 0.291 bits per heavy atom. The summed E-state index contributed by atoms with van der Waals surface area (Å²) in [6.45, 7) is 30.5. The van der Waals surface area contributed by atoms with Crippen LogP contribution in [0, 0.1) is 34.6 Å². The van der Waals surface area contributed by atoms with Crippen molar-refractivity contribution in [3.8, 4) is 0 Å². The van der Waals surface area contributed by atoms with Gasteiger partial charge in [0.05, 0.1) is 0 Å². The molecule has 0 radical (unpaired) electrons. The first-order valence-electron chi connectivity index (χ1n) is 38.4. The van der Waals surface area contributed by atoms with Gasteiger partial charge in [-0.1, -0.05) is 325 Å². The minimum absolute atomic E-state index is 0. The molecule has 0 aromatic heterocycles. The van der Waals surface area contributed by atoms with Crippen LogP contribution >= 0.6 is 0 Å². The van der Waals surface area contributed by atoms with E-state index in [1.807, 2.05) is 0 Å². The van der Waals surface area contributed by atoms with Crippen LogP contribution in [0.2, 0.25) is 0 Å². The van der Waals surface area contributed by atoms with Gasteiger partial charge in [0.2, 0.25) is 11.4 Å². The summed E-state index contributed by atoms with van der Waals surface area (Å²) in [4.78, 5) is 0. The summed E-state index contributed by atoms with van der Waals surface area (Å²) in [7, 11) is 0. The van der Waals surface area contributed by atoms with Crippen LogP contribution in [0.25, 0.3) is 16.9 Å². The van der Waals surface area contributed by atoms with Crippen LogP contribution in [0.3, 0.4) is 0 Å². The standard InChI is InChI=1S/C45H70N2.2C19H39.Ni/c1-9-14-19-22-25-37-32-40(33-38(26-23-20-15-10-2)41(37)29-24-21-16-11-3)45-43(28-18-13-5)42(27-17-12-4)44(47(45)46)39-30-34(6)36(8)35(7)31-39;2*1-3-5-7-9-11-13-15-17-19-18-16-14-12-10-8-6-4-2;/h30-33H,9-29H2,1-8H3;2*1,3-19H2,2H3;/q;2*-1;+2. The van der Waals surface area contributed by atoms with Crippen molar-refractivity contribution in [1.82, 2.24) is 0 Å². The van der Waals surface area contributed by atoms with E-state index in [-0.39, 0.29) is 16.5 Å². The Bertz CT molecular complexity index is 1810. The van der Waals surface area contributed by atoms with Gasteiger partial charge in [0.15, 0.2) is 0 Å². The van der Waals surface area contributed by atoms with Crippen molar-refractivity contribution in [2.24, 2.45) is 0 Å². The topological polar surface area (TPSA) is 25.3 Å². The molecule has 3 rings (SSSR count). The minimum Gasteiger partial charge on any atom is -0.493 e. The Morgan fingerprint density at radius 3 is 0.791 bits per heavy atom. The summed E-state index contributed by atoms with van der Waals surface area (Å²) >= 11 is 0. The Hall–Kier alpha value is -1.99. The number of hydrogen-bond donors (Lipinski definition) is 0. The molecule has 0 spiro atoms. The number of unbranched alkanes of at least 4 members (excludes halogenated alkanes) is 43. The molecule has 2 aromatic carbocycles. The molecule has 0 saturated heterocycles. The van der Waals surface area contributed by atoms with Gasteiger partial charge in [0.1, 0.15) is 0 Å². The van der Waals surface area contributed by atoms with Gasteiger partial charge in [-0.15, -0.1) is 0 Å². The van der Waals surface area contributed by atoms with Crippen molar-refractivity contribution in [1.29, 1.82) is 0 Å². The quantitative estimate of drug-likeness (QED) is 0.0273. The first-order valence-corrected chi connectivity index (χ1v) is 38.4. The van der Waals surface area contributed by atoms with Gasteiger partial charge in [0, 0.05) is 22.3 Å². The monoisotopic (exact) mass is 1230 g/mol. The van der Waals surface area contributed by atoms with E-state index >= 15 is 0 Å². The molecule has 0 bridgehead atoms. The Morgan fingerprint density at radius 2 is 0.523 bits per heavy atom. The molecular formula is C83H148N2Ni. The van der Waals surface area contributed by atoms with Gasteiger partial charge < -0.3 is 19.4 Å². The molecule has 0 atom stereocenters. The SMILES string of the molecule is CCCCCCc1cc(C2=C(CCCC)C(CCCC)=C(c3cc(C)c(C)c(C)c3)[N+]2=[N-])cc(CCCCCC)c1CCCCCC.[CH2-]CCCCCCCCCCCCCCCCCC.[CH2-]CCCCCCCCCCCCCCCCCC.[Ni+2]. The maximum absolute atomic E-state index is 12.4. The number of rotatable bonds is 55. The summed E-state index contributed by atoms with van der Waals surface area (Å²) in [5.41, 5.74) is 28.4. The second kappa shape index (κ2) is 60.6. The van der Waals surface area contributed by atoms with Crippen molar-refractivity contribution >= 4 is 11.4 Å². The molecule has 0 unspecified atom stereocenters. The smallest absolute Gasteiger partial charge is 0.493 e. The van der Waals surface area contributed by atoms with E-state index in [1.165, 1.54) is 322 Å². The molecule has 0 fully saturated rings. The Kier molecular flexibility index (Phi) is 59.2. The molecule has 86 heavy (non-hydrogen) atoms. The molecule has 2 aromatic rings. The number of allylic oxidation sites excluding steroid dienone is 2. The van der Waals surface area contributed by atoms with E-state index in [2.05, 4.69) is 107 Å². The zero-order valence-electron chi connectivity index (χ0n) is 59.8. The van der Waals surface area contributed by atoms with Crippen LogP contribution in [0.4, 0.5) is 0 Å². The molecule has 500 valence electrons. The molecule has 3 heteroatoms. The number of hydrogen-bond acceptors (Lipinski definition) is 0. The predicted octanol–water partition coefficient (Wildman–Crippen LogP) is 29.5. The molecule has 1 heterocycles. The molecule has 0 aliphatic carbocycles. The average Bonchev–Trinajstić information content (AvgIpc) is 1.63. The van der Waals surface area contributed by atoms with E-state index in [9.17, 15) is 5.53 Å². The van der Waals surface area contributed by atoms with E-state index in [0.29, 0.717) is 0 Å². The molecule has 1 aliphatic rings. The van der Waals surface area contributed by atoms with E-state index in [1.54, 1.807) is 21.4 Å². The van der Waals surface area contributed by atoms with Crippen LogP contribution in [0.5, 0.6) is 0 Å². The number of aryl methyl sites for hydroxylation is 4. The van der Waals surface area contributed by atoms with E-state index in [4.69, 9.17) is 0 Å². The molecule has 0 amide bonds. The summed E-state index contributed by atoms with van der Waals surface area (Å²) in [5, 5.41) is 0. The normalized spacial score (nSPS) is 12.3. The van der Waals surface area contributed by atoms with Crippen molar-refractivity contribution in [2.45, 2.75) is 422 Å². The fourth-order valence-electron chi connectivity index (χ4n) is 13.0. The third kappa shape index (κ3) is 40.0. The second-order valence-electron chi connectivity index (χ2n) is 26.9. The van der Waals surface area contributed by atoms with E-state index in [0.717, 1.165) is 81.2 Å². The summed E-state index contributed by atoms with van der Waals surface area (Å²) in [6.07, 6.45) is 74.3. The van der Waals surface area contributed by atoms with Crippen molar-refractivity contribution in [3.05, 3.63) is 99.3 Å². The third-order valence-electron chi connectivity index (χ3n) is 18.9. The van der Waals surface area contributed by atoms with Gasteiger partial charge in [-0.25, -0.2) is 4.70 Å². The fraction of sp³-hybridized carbons (Fsp3) is 0.783. The fourth-order valence-corrected chi connectivity index (χ4v) is 13.0. The molecule has 1 aliphatic heterocycles. The largest absolute Gasteiger partial charge is 2.00 e. The van der Waals surface area contributed by atoms with Crippen molar-refractivity contribution in [3.63, 3.8) is 0 Å². The Labute approximate surface area is 551 Å². The predicted molar refractivity (Wildman–Crippen MR) is 386 cm³/mol. The average molecular weight is 1230 g/mol. The molecule has 0 saturated carbocycles. The van der Waals surface area contributed by atoms with Gasteiger partial charge in [-0.2, -0.15) is 12.8 Å². The molecule has 0 N–H and O–H groups in total. The zero-order valence-corrected chi connectivity index (χ0v) is 60.8. The maximum Gasteiger partial charge on any atom is 2.00 e. The summed E-state index contributed by atoms with van der Waals surface area (Å²) < 4.78 is 1.64. The van der Waals surface area contributed by atoms with Gasteiger partial charge >= 0.3 is 16.5 Å². The number of benzene rings is 2. The van der Waals surface area contributed by atoms with Gasteiger partial charge in [0.25, 0.3) is 0 Å². The van der Waals surface area contributed by atoms with Crippen LogP contribution < -0.4 is 0 Å². The summed E-state index contributed by atoms with van der Waals surface area (Å²) in [6, 6.07) is 9.66. The minimum atomic E-state index is 0. The second-order valence-corrected chi connectivity index (χ2v) is 26.9. The first kappa shape index (κ1) is 84.0. The van der Waals surface area contributed by atoms with Crippen LogP contribution in [0.1, 0.15) is 427 Å². The van der Waals surface area contributed by atoms with Gasteiger partial charge in [-0.3, -0.25) is 0 Å². The first-order chi connectivity index (χ1) is 41.6. The zero-order chi connectivity index (χ0) is 62.2. The van der Waals surface area contributed by atoms with Gasteiger partial charge in [-0.05, 0) is 143 Å². The van der Waals surface area contributed by atoms with Crippen LogP contribution in [-0.2, 0) is 35.8 Å². The molecule has 2 nitrogen and oxygen atoms in total. The maximum atomic E-state index is 12.4. The van der Waals surface area contributed by atoms with Crippen molar-refractivity contribution in [2.75, 3.05) is 0 Å². The van der Waals surface area contributed by atoms with Crippen LogP contribution in [0.15, 0.2) is 35.4 Å². The summed E-state index contributed by atoms with van der Waals surface area (Å²) in [5.74, 6) is 0. The van der Waals surface area contributed by atoms with Crippen LogP contribution in [-0.4, -0.2) is 4.70 Å². The van der Waals surface area contributed by atoms with E-state index < -0.39 is 0 Å². The Balaban J connectivity index is 0.00000152.